The first kappa shape index (κ1) is 15.7. The van der Waals surface area contributed by atoms with Crippen LogP contribution in [0.1, 0.15) is 26.7 Å². The summed E-state index contributed by atoms with van der Waals surface area (Å²) in [5.74, 6) is 0. The Balaban J connectivity index is 2.02. The maximum Gasteiger partial charge on any atom is 0.243 e. The number of nitrogens with one attached hydrogen (secondary N) is 1. The van der Waals surface area contributed by atoms with E-state index in [1.165, 1.54) is 12.3 Å². The molecule has 112 valence electrons. The average molecular weight is 318 g/mol. The van der Waals surface area contributed by atoms with E-state index in [2.05, 4.69) is 28.5 Å². The Kier molecular flexibility index (Phi) is 5.01. The predicted molar refractivity (Wildman–Crippen MR) is 79.3 cm³/mol. The van der Waals surface area contributed by atoms with Crippen molar-refractivity contribution in [1.82, 2.24) is 14.6 Å². The molecule has 0 radical (unpaired) electrons. The minimum atomic E-state index is -3.59. The lowest BCUT2D eigenvalue weighted by molar-refractivity contribution is 0.168. The number of pyridine rings is 1. The highest BCUT2D eigenvalue weighted by Crippen LogP contribution is 2.20. The van der Waals surface area contributed by atoms with Crippen molar-refractivity contribution in [2.75, 3.05) is 13.1 Å². The second-order valence-electron chi connectivity index (χ2n) is 5.32. The van der Waals surface area contributed by atoms with E-state index in [1.54, 1.807) is 6.07 Å². The summed E-state index contributed by atoms with van der Waals surface area (Å²) >= 11 is 5.85. The smallest absolute Gasteiger partial charge is 0.243 e. The van der Waals surface area contributed by atoms with E-state index in [0.29, 0.717) is 6.04 Å². The topological polar surface area (TPSA) is 62.3 Å². The van der Waals surface area contributed by atoms with Crippen molar-refractivity contribution < 1.29 is 8.42 Å². The molecule has 1 fully saturated rings. The SMILES string of the molecule is CC(C)N1CCC(NS(=O)(=O)c2cccnc2Cl)CC1. The molecule has 7 heteroatoms. The van der Waals surface area contributed by atoms with E-state index in [9.17, 15) is 8.42 Å². The molecule has 0 amide bonds. The van der Waals surface area contributed by atoms with Crippen LogP contribution in [0.3, 0.4) is 0 Å². The van der Waals surface area contributed by atoms with Gasteiger partial charge in [0.1, 0.15) is 10.0 Å². The molecule has 0 spiro atoms. The molecule has 2 heterocycles. The van der Waals surface area contributed by atoms with Gasteiger partial charge in [0.25, 0.3) is 0 Å². The molecule has 0 aromatic carbocycles. The fourth-order valence-electron chi connectivity index (χ4n) is 2.39. The third kappa shape index (κ3) is 3.69. The van der Waals surface area contributed by atoms with Crippen molar-refractivity contribution in [3.05, 3.63) is 23.5 Å². The molecule has 1 aliphatic heterocycles. The second-order valence-corrected chi connectivity index (χ2v) is 7.36. The lowest BCUT2D eigenvalue weighted by Gasteiger charge is -2.34. The molecule has 1 aromatic rings. The van der Waals surface area contributed by atoms with E-state index < -0.39 is 10.0 Å². The fraction of sp³-hybridized carbons (Fsp3) is 0.615. The van der Waals surface area contributed by atoms with E-state index in [1.807, 2.05) is 0 Å². The van der Waals surface area contributed by atoms with E-state index in [0.717, 1.165) is 25.9 Å². The van der Waals surface area contributed by atoms with E-state index >= 15 is 0 Å². The Labute approximate surface area is 125 Å². The Hall–Kier alpha value is -0.690. The van der Waals surface area contributed by atoms with Crippen molar-refractivity contribution >= 4 is 21.6 Å². The summed E-state index contributed by atoms with van der Waals surface area (Å²) in [5.41, 5.74) is 0. The van der Waals surface area contributed by atoms with Crippen LogP contribution < -0.4 is 4.72 Å². The highest BCUT2D eigenvalue weighted by Gasteiger charge is 2.26. The summed E-state index contributed by atoms with van der Waals surface area (Å²) in [7, 11) is -3.59. The van der Waals surface area contributed by atoms with E-state index in [-0.39, 0.29) is 16.1 Å². The third-order valence-corrected chi connectivity index (χ3v) is 5.56. The molecule has 1 N–H and O–H groups in total. The Bertz CT molecular complexity index is 554. The van der Waals surface area contributed by atoms with Gasteiger partial charge in [0.05, 0.1) is 0 Å². The molecule has 1 aromatic heterocycles. The Morgan fingerprint density at radius 1 is 1.40 bits per heavy atom. The molecule has 2 rings (SSSR count). The summed E-state index contributed by atoms with van der Waals surface area (Å²) in [5, 5.41) is 0.0135. The molecule has 0 atom stereocenters. The van der Waals surface area contributed by atoms with Crippen LogP contribution in [0.4, 0.5) is 0 Å². The molecule has 0 unspecified atom stereocenters. The normalized spacial score (nSPS) is 18.6. The number of piperidine rings is 1. The van der Waals surface area contributed by atoms with Gasteiger partial charge in [0.2, 0.25) is 10.0 Å². The highest BCUT2D eigenvalue weighted by atomic mass is 35.5. The summed E-state index contributed by atoms with van der Waals surface area (Å²) in [6.07, 6.45) is 3.10. The molecular formula is C13H20ClN3O2S. The van der Waals surface area contributed by atoms with Crippen LogP contribution in [0.15, 0.2) is 23.2 Å². The maximum absolute atomic E-state index is 12.3. The summed E-state index contributed by atoms with van der Waals surface area (Å²) < 4.78 is 27.3. The molecule has 1 aliphatic rings. The van der Waals surface area contributed by atoms with Gasteiger partial charge in [-0.2, -0.15) is 0 Å². The van der Waals surface area contributed by atoms with Crippen molar-refractivity contribution in [3.63, 3.8) is 0 Å². The van der Waals surface area contributed by atoms with Crippen LogP contribution in [0.2, 0.25) is 5.15 Å². The molecule has 0 bridgehead atoms. The van der Waals surface area contributed by atoms with Gasteiger partial charge in [-0.25, -0.2) is 18.1 Å². The number of nitrogens with zero attached hydrogens (tertiary/aromatic N) is 2. The van der Waals surface area contributed by atoms with Gasteiger partial charge in [0, 0.05) is 18.3 Å². The summed E-state index contributed by atoms with van der Waals surface area (Å²) in [6.45, 7) is 6.12. The monoisotopic (exact) mass is 317 g/mol. The van der Waals surface area contributed by atoms with Crippen LogP contribution in [0.25, 0.3) is 0 Å². The van der Waals surface area contributed by atoms with Crippen LogP contribution in [0.5, 0.6) is 0 Å². The third-order valence-electron chi connectivity index (χ3n) is 3.60. The van der Waals surface area contributed by atoms with Crippen molar-refractivity contribution in [2.24, 2.45) is 0 Å². The number of hydrogen-bond donors (Lipinski definition) is 1. The molecule has 0 aliphatic carbocycles. The second kappa shape index (κ2) is 6.39. The minimum absolute atomic E-state index is 0.0135. The fourth-order valence-corrected chi connectivity index (χ4v) is 4.15. The van der Waals surface area contributed by atoms with Crippen molar-refractivity contribution in [1.29, 1.82) is 0 Å². The first-order chi connectivity index (χ1) is 9.40. The van der Waals surface area contributed by atoms with Crippen LogP contribution in [-0.2, 0) is 10.0 Å². The number of likely N-dealkylation sites (tertiary alicyclic amines) is 1. The standard InChI is InChI=1S/C13H20ClN3O2S/c1-10(2)17-8-5-11(6-9-17)16-20(18,19)12-4-3-7-15-13(12)14/h3-4,7,10-11,16H,5-6,8-9H2,1-2H3. The maximum atomic E-state index is 12.3. The van der Waals surface area contributed by atoms with Gasteiger partial charge < -0.3 is 4.90 Å². The highest BCUT2D eigenvalue weighted by molar-refractivity contribution is 7.89. The average Bonchev–Trinajstić information content (AvgIpc) is 2.39. The number of rotatable bonds is 4. The largest absolute Gasteiger partial charge is 0.301 e. The molecular weight excluding hydrogens is 298 g/mol. The molecule has 0 saturated carbocycles. The predicted octanol–water partition coefficient (Wildman–Crippen LogP) is 1.89. The van der Waals surface area contributed by atoms with Crippen LogP contribution in [-0.4, -0.2) is 43.5 Å². The number of hydrogen-bond acceptors (Lipinski definition) is 4. The van der Waals surface area contributed by atoms with Crippen LogP contribution >= 0.6 is 11.6 Å². The van der Waals surface area contributed by atoms with Crippen LogP contribution in [0, 0.1) is 0 Å². The minimum Gasteiger partial charge on any atom is -0.301 e. The van der Waals surface area contributed by atoms with Gasteiger partial charge >= 0.3 is 0 Å². The van der Waals surface area contributed by atoms with Gasteiger partial charge in [-0.1, -0.05) is 11.6 Å². The zero-order valence-electron chi connectivity index (χ0n) is 11.7. The zero-order chi connectivity index (χ0) is 14.8. The van der Waals surface area contributed by atoms with Gasteiger partial charge in [-0.15, -0.1) is 0 Å². The Morgan fingerprint density at radius 2 is 2.05 bits per heavy atom. The molecule has 1 saturated heterocycles. The lowest BCUT2D eigenvalue weighted by atomic mass is 10.1. The molecule has 20 heavy (non-hydrogen) atoms. The summed E-state index contributed by atoms with van der Waals surface area (Å²) in [4.78, 5) is 6.21. The Morgan fingerprint density at radius 3 is 2.60 bits per heavy atom. The first-order valence-corrected chi connectivity index (χ1v) is 8.63. The quantitative estimate of drug-likeness (QED) is 0.861. The van der Waals surface area contributed by atoms with E-state index in [4.69, 9.17) is 11.6 Å². The van der Waals surface area contributed by atoms with Gasteiger partial charge in [-0.3, -0.25) is 0 Å². The van der Waals surface area contributed by atoms with Gasteiger partial charge in [0.15, 0.2) is 0 Å². The van der Waals surface area contributed by atoms with Crippen molar-refractivity contribution in [3.8, 4) is 0 Å². The number of aromatic nitrogens is 1. The zero-order valence-corrected chi connectivity index (χ0v) is 13.3. The van der Waals surface area contributed by atoms with Gasteiger partial charge in [-0.05, 0) is 51.9 Å². The number of halogens is 1. The lowest BCUT2D eigenvalue weighted by Crippen LogP contribution is -2.46. The molecule has 5 nitrogen and oxygen atoms in total. The number of sulfonamides is 1. The summed E-state index contributed by atoms with van der Waals surface area (Å²) in [6, 6.07) is 3.51. The van der Waals surface area contributed by atoms with Crippen molar-refractivity contribution in [2.45, 2.75) is 43.7 Å². The first-order valence-electron chi connectivity index (χ1n) is 6.77.